The van der Waals surface area contributed by atoms with Crippen molar-refractivity contribution < 1.29 is 4.79 Å². The predicted molar refractivity (Wildman–Crippen MR) is 129 cm³/mol. The third-order valence-corrected chi connectivity index (χ3v) is 7.32. The standard InChI is InChI=1S/C24H30ClN5OS/c1-17(26-22(31)13-19-11-12-29(2)15-19)23-27-28-24(32-16-18-7-4-3-5-8-18)30(23)21-10-6-9-20(25)14-21/h6,9-12,14-15,17-18H,3-5,7-8,13,16H2,1-2H3,(H,26,31). The lowest BCUT2D eigenvalue weighted by atomic mass is 9.91. The van der Waals surface area contributed by atoms with Gasteiger partial charge in [0.1, 0.15) is 0 Å². The number of aromatic nitrogens is 4. The van der Waals surface area contributed by atoms with Crippen LogP contribution >= 0.6 is 23.4 Å². The van der Waals surface area contributed by atoms with Crippen LogP contribution in [0, 0.1) is 5.92 Å². The van der Waals surface area contributed by atoms with Gasteiger partial charge in [0.2, 0.25) is 5.91 Å². The van der Waals surface area contributed by atoms with Crippen molar-refractivity contribution in [3.63, 3.8) is 0 Å². The fourth-order valence-corrected chi connectivity index (χ4v) is 5.60. The summed E-state index contributed by atoms with van der Waals surface area (Å²) in [6.45, 7) is 1.95. The second-order valence-corrected chi connectivity index (χ2v) is 10.0. The van der Waals surface area contributed by atoms with E-state index in [1.54, 1.807) is 11.8 Å². The Labute approximate surface area is 198 Å². The molecule has 1 atom stereocenters. The largest absolute Gasteiger partial charge is 0.357 e. The topological polar surface area (TPSA) is 64.7 Å². The highest BCUT2D eigenvalue weighted by atomic mass is 35.5. The zero-order valence-corrected chi connectivity index (χ0v) is 20.2. The van der Waals surface area contributed by atoms with E-state index >= 15 is 0 Å². The Kier molecular flexibility index (Phi) is 7.58. The van der Waals surface area contributed by atoms with Crippen LogP contribution in [0.3, 0.4) is 0 Å². The molecule has 2 heterocycles. The number of aryl methyl sites for hydroxylation is 1. The normalized spacial score (nSPS) is 15.6. The third-order valence-electron chi connectivity index (χ3n) is 5.92. The highest BCUT2D eigenvalue weighted by Gasteiger charge is 2.23. The van der Waals surface area contributed by atoms with E-state index in [-0.39, 0.29) is 11.9 Å². The van der Waals surface area contributed by atoms with Gasteiger partial charge in [-0.15, -0.1) is 10.2 Å². The number of halogens is 1. The summed E-state index contributed by atoms with van der Waals surface area (Å²) in [7, 11) is 1.95. The number of benzene rings is 1. The summed E-state index contributed by atoms with van der Waals surface area (Å²) in [5.41, 5.74) is 1.89. The summed E-state index contributed by atoms with van der Waals surface area (Å²) < 4.78 is 3.98. The van der Waals surface area contributed by atoms with Gasteiger partial charge in [0.15, 0.2) is 11.0 Å². The van der Waals surface area contributed by atoms with Gasteiger partial charge in [0.05, 0.1) is 18.2 Å². The Morgan fingerprint density at radius 1 is 1.25 bits per heavy atom. The van der Waals surface area contributed by atoms with Crippen LogP contribution in [0.5, 0.6) is 0 Å². The molecule has 170 valence electrons. The van der Waals surface area contributed by atoms with Crippen LogP contribution in [0.2, 0.25) is 5.02 Å². The molecular formula is C24H30ClN5OS. The van der Waals surface area contributed by atoms with E-state index in [0.29, 0.717) is 17.3 Å². The number of carbonyl (C=O) groups excluding carboxylic acids is 1. The SMILES string of the molecule is CC(NC(=O)Cc1ccn(C)c1)c1nnc(SCC2CCCCC2)n1-c1cccc(Cl)c1. The molecule has 1 aliphatic carbocycles. The zero-order chi connectivity index (χ0) is 22.5. The molecule has 0 aliphatic heterocycles. The van der Waals surface area contributed by atoms with Crippen molar-refractivity contribution in [3.05, 3.63) is 59.1 Å². The van der Waals surface area contributed by atoms with E-state index in [1.165, 1.54) is 32.1 Å². The first-order chi connectivity index (χ1) is 15.5. The number of hydrogen-bond donors (Lipinski definition) is 1. The highest BCUT2D eigenvalue weighted by Crippen LogP contribution is 2.32. The number of nitrogens with zero attached hydrogens (tertiary/aromatic N) is 4. The molecule has 0 bridgehead atoms. The number of thioether (sulfide) groups is 1. The minimum atomic E-state index is -0.290. The summed E-state index contributed by atoms with van der Waals surface area (Å²) in [5, 5.41) is 13.6. The molecule has 1 amide bonds. The van der Waals surface area contributed by atoms with Crippen LogP contribution in [-0.2, 0) is 18.3 Å². The van der Waals surface area contributed by atoms with Crippen molar-refractivity contribution in [3.8, 4) is 5.69 Å². The van der Waals surface area contributed by atoms with Crippen molar-refractivity contribution in [2.24, 2.45) is 13.0 Å². The van der Waals surface area contributed by atoms with Gasteiger partial charge in [-0.2, -0.15) is 0 Å². The molecule has 8 heteroatoms. The first-order valence-electron chi connectivity index (χ1n) is 11.2. The average Bonchev–Trinajstić information content (AvgIpc) is 3.39. The summed E-state index contributed by atoms with van der Waals surface area (Å²) in [4.78, 5) is 12.6. The molecule has 32 heavy (non-hydrogen) atoms. The fourth-order valence-electron chi connectivity index (χ4n) is 4.27. The van der Waals surface area contributed by atoms with Gasteiger partial charge in [0, 0.05) is 30.2 Å². The first kappa shape index (κ1) is 22.9. The number of carbonyl (C=O) groups is 1. The lowest BCUT2D eigenvalue weighted by Crippen LogP contribution is -2.29. The van der Waals surface area contributed by atoms with Crippen molar-refractivity contribution in [1.82, 2.24) is 24.6 Å². The van der Waals surface area contributed by atoms with E-state index in [0.717, 1.165) is 28.1 Å². The average molecular weight is 472 g/mol. The molecule has 4 rings (SSSR count). The van der Waals surface area contributed by atoms with Crippen LogP contribution in [0.4, 0.5) is 0 Å². The van der Waals surface area contributed by atoms with Gasteiger partial charge in [-0.25, -0.2) is 0 Å². The first-order valence-corrected chi connectivity index (χ1v) is 12.6. The van der Waals surface area contributed by atoms with E-state index in [2.05, 4.69) is 15.5 Å². The van der Waals surface area contributed by atoms with Crippen LogP contribution < -0.4 is 5.32 Å². The van der Waals surface area contributed by atoms with Crippen molar-refractivity contribution in [1.29, 1.82) is 0 Å². The Balaban J connectivity index is 1.53. The van der Waals surface area contributed by atoms with E-state index in [9.17, 15) is 4.79 Å². The van der Waals surface area contributed by atoms with Gasteiger partial charge < -0.3 is 9.88 Å². The molecule has 6 nitrogen and oxygen atoms in total. The van der Waals surface area contributed by atoms with Crippen molar-refractivity contribution >= 4 is 29.3 Å². The van der Waals surface area contributed by atoms with Gasteiger partial charge in [-0.05, 0) is 55.5 Å². The summed E-state index contributed by atoms with van der Waals surface area (Å²) >= 11 is 8.04. The summed E-state index contributed by atoms with van der Waals surface area (Å²) in [6.07, 6.45) is 10.8. The Hall–Kier alpha value is -2.25. The number of amides is 1. The molecule has 1 fully saturated rings. The molecule has 1 aromatic carbocycles. The molecule has 1 unspecified atom stereocenters. The molecule has 2 aromatic heterocycles. The molecule has 1 saturated carbocycles. The Morgan fingerprint density at radius 2 is 2.06 bits per heavy atom. The maximum atomic E-state index is 12.6. The van der Waals surface area contributed by atoms with Crippen LogP contribution in [-0.4, -0.2) is 31.0 Å². The van der Waals surface area contributed by atoms with Gasteiger partial charge in [0.25, 0.3) is 0 Å². The quantitative estimate of drug-likeness (QED) is 0.449. The van der Waals surface area contributed by atoms with Crippen LogP contribution in [0.15, 0.2) is 47.9 Å². The molecule has 1 N–H and O–H groups in total. The molecule has 0 saturated heterocycles. The molecule has 3 aromatic rings. The van der Waals surface area contributed by atoms with Crippen molar-refractivity contribution in [2.45, 2.75) is 56.6 Å². The molecule has 0 spiro atoms. The van der Waals surface area contributed by atoms with Crippen LogP contribution in [0.25, 0.3) is 5.69 Å². The van der Waals surface area contributed by atoms with Crippen molar-refractivity contribution in [2.75, 3.05) is 5.75 Å². The lowest BCUT2D eigenvalue weighted by Gasteiger charge is -2.21. The summed E-state index contributed by atoms with van der Waals surface area (Å²) in [6, 6.07) is 9.37. The second-order valence-electron chi connectivity index (χ2n) is 8.62. The van der Waals surface area contributed by atoms with Gasteiger partial charge in [-0.3, -0.25) is 9.36 Å². The molecule has 0 radical (unpaired) electrons. The number of rotatable bonds is 8. The zero-order valence-electron chi connectivity index (χ0n) is 18.6. The highest BCUT2D eigenvalue weighted by molar-refractivity contribution is 7.99. The number of hydrogen-bond acceptors (Lipinski definition) is 4. The van der Waals surface area contributed by atoms with Gasteiger partial charge in [-0.1, -0.05) is 48.7 Å². The maximum Gasteiger partial charge on any atom is 0.225 e. The summed E-state index contributed by atoms with van der Waals surface area (Å²) in [5.74, 6) is 2.43. The minimum absolute atomic E-state index is 0.0410. The monoisotopic (exact) mass is 471 g/mol. The second kappa shape index (κ2) is 10.6. The Bertz CT molecular complexity index is 1060. The van der Waals surface area contributed by atoms with E-state index in [1.807, 2.05) is 65.8 Å². The lowest BCUT2D eigenvalue weighted by molar-refractivity contribution is -0.121. The predicted octanol–water partition coefficient (Wildman–Crippen LogP) is 5.35. The minimum Gasteiger partial charge on any atom is -0.357 e. The van der Waals surface area contributed by atoms with E-state index in [4.69, 9.17) is 11.6 Å². The maximum absolute atomic E-state index is 12.6. The van der Waals surface area contributed by atoms with Gasteiger partial charge >= 0.3 is 0 Å². The van der Waals surface area contributed by atoms with E-state index < -0.39 is 0 Å². The van der Waals surface area contributed by atoms with Crippen LogP contribution in [0.1, 0.15) is 56.5 Å². The molecular weight excluding hydrogens is 442 g/mol. The Morgan fingerprint density at radius 3 is 2.78 bits per heavy atom. The number of nitrogens with one attached hydrogen (secondary N) is 1. The third kappa shape index (κ3) is 5.75. The smallest absolute Gasteiger partial charge is 0.225 e. The molecule has 1 aliphatic rings. The fraction of sp³-hybridized carbons (Fsp3) is 0.458.